The third kappa shape index (κ3) is 4.20. The molecule has 3 heterocycles. The van der Waals surface area contributed by atoms with Gasteiger partial charge in [-0.3, -0.25) is 14.2 Å². The molecule has 8 nitrogen and oxygen atoms in total. The van der Waals surface area contributed by atoms with Gasteiger partial charge in [-0.05, 0) is 31.7 Å². The Kier molecular flexibility index (Phi) is 5.95. The average Bonchev–Trinajstić information content (AvgIpc) is 3.59. The van der Waals surface area contributed by atoms with Crippen molar-refractivity contribution < 1.29 is 32.6 Å². The molecule has 3 aromatic rings. The summed E-state index contributed by atoms with van der Waals surface area (Å²) in [4.78, 5) is 31.5. The Hall–Kier alpha value is -3.51. The molecule has 3 N–H and O–H groups in total. The van der Waals surface area contributed by atoms with Crippen LogP contribution in [0.5, 0.6) is 0 Å². The molecule has 190 valence electrons. The number of fused-ring (bicyclic) bond motifs is 1. The van der Waals surface area contributed by atoms with E-state index in [2.05, 4.69) is 10.3 Å². The summed E-state index contributed by atoms with van der Waals surface area (Å²) in [7, 11) is 0. The third-order valence-electron chi connectivity index (χ3n) is 6.63. The van der Waals surface area contributed by atoms with Gasteiger partial charge in [-0.25, -0.2) is 22.5 Å². The first-order valence-corrected chi connectivity index (χ1v) is 11.4. The molecule has 1 amide bonds. The number of nitrogens with zero attached hydrogens (tertiary/aromatic N) is 3. The molecule has 0 spiro atoms. The van der Waals surface area contributed by atoms with Crippen LogP contribution in [0.3, 0.4) is 0 Å². The summed E-state index contributed by atoms with van der Waals surface area (Å²) in [5, 5.41) is 21.9. The van der Waals surface area contributed by atoms with Gasteiger partial charge >= 0.3 is 0 Å². The van der Waals surface area contributed by atoms with Gasteiger partial charge in [0.2, 0.25) is 5.43 Å². The fraction of sp³-hybridized carbons (Fsp3) is 0.375. The lowest BCUT2D eigenvalue weighted by Crippen LogP contribution is -2.37. The van der Waals surface area contributed by atoms with Crippen LogP contribution >= 0.6 is 0 Å². The molecule has 3 atom stereocenters. The molecule has 36 heavy (non-hydrogen) atoms. The molecule has 5 rings (SSSR count). The van der Waals surface area contributed by atoms with E-state index in [4.69, 9.17) is 0 Å². The van der Waals surface area contributed by atoms with Crippen molar-refractivity contribution in [3.05, 3.63) is 63.5 Å². The van der Waals surface area contributed by atoms with Crippen molar-refractivity contribution in [2.75, 3.05) is 18.0 Å². The van der Waals surface area contributed by atoms with Crippen LogP contribution in [0.4, 0.5) is 23.4 Å². The highest BCUT2D eigenvalue weighted by Gasteiger charge is 2.33. The minimum atomic E-state index is -1.34. The van der Waals surface area contributed by atoms with E-state index in [9.17, 15) is 33.0 Å². The van der Waals surface area contributed by atoms with Crippen LogP contribution in [-0.2, 0) is 0 Å². The van der Waals surface area contributed by atoms with E-state index < -0.39 is 69.1 Å². The number of aromatic nitrogens is 2. The van der Waals surface area contributed by atoms with Crippen LogP contribution in [-0.4, -0.2) is 57.0 Å². The number of aliphatic hydroxyl groups is 2. The van der Waals surface area contributed by atoms with Crippen LogP contribution in [0.2, 0.25) is 0 Å². The van der Waals surface area contributed by atoms with E-state index >= 15 is 4.39 Å². The predicted octanol–water partition coefficient (Wildman–Crippen LogP) is 2.01. The van der Waals surface area contributed by atoms with Gasteiger partial charge in [-0.15, -0.1) is 0 Å². The van der Waals surface area contributed by atoms with E-state index in [1.54, 1.807) is 6.92 Å². The number of β-amino-alcohol motifs (C(OH)–C–C–N with tert-alkyl or cyclic N) is 2. The standard InChI is InChI=1S/C24H22F4N4O4/c1-10(11-2-3-11)29-24(36)14-7-32(20-15(26)4-12(25)5-16(20)27)22-13(21(14)35)6-17(28)23(30-22)31-8-18(33)19(34)9-31/h4-7,10-11,18-19,33-34H,2-3,8-9H2,1H3,(H,29,36)/t10-,18-,19-/m1/s1. The molecule has 1 saturated carbocycles. The Morgan fingerprint density at radius 1 is 1.06 bits per heavy atom. The smallest absolute Gasteiger partial charge is 0.257 e. The first kappa shape index (κ1) is 24.2. The Labute approximate surface area is 201 Å². The minimum Gasteiger partial charge on any atom is -0.389 e. The maximum atomic E-state index is 15.1. The van der Waals surface area contributed by atoms with Gasteiger partial charge in [-0.1, -0.05) is 0 Å². The van der Waals surface area contributed by atoms with E-state index in [1.807, 2.05) is 0 Å². The van der Waals surface area contributed by atoms with Gasteiger partial charge < -0.3 is 20.4 Å². The quantitative estimate of drug-likeness (QED) is 0.457. The topological polar surface area (TPSA) is 108 Å². The number of halogens is 4. The van der Waals surface area contributed by atoms with E-state index in [1.165, 1.54) is 4.90 Å². The number of nitrogens with one attached hydrogen (secondary N) is 1. The number of rotatable bonds is 5. The zero-order valence-corrected chi connectivity index (χ0v) is 19.0. The summed E-state index contributed by atoms with van der Waals surface area (Å²) < 4.78 is 59.1. The van der Waals surface area contributed by atoms with Gasteiger partial charge in [-0.2, -0.15) is 0 Å². The second-order valence-electron chi connectivity index (χ2n) is 9.26. The highest BCUT2D eigenvalue weighted by atomic mass is 19.1. The molecule has 1 aromatic carbocycles. The predicted molar refractivity (Wildman–Crippen MR) is 121 cm³/mol. The van der Waals surface area contributed by atoms with Crippen LogP contribution < -0.4 is 15.6 Å². The largest absolute Gasteiger partial charge is 0.389 e. The summed E-state index contributed by atoms with van der Waals surface area (Å²) in [6.45, 7) is 1.40. The van der Waals surface area contributed by atoms with Crippen LogP contribution in [0.1, 0.15) is 30.1 Å². The van der Waals surface area contributed by atoms with Gasteiger partial charge in [0.05, 0.1) is 17.6 Å². The van der Waals surface area contributed by atoms with Crippen LogP contribution in [0.25, 0.3) is 16.7 Å². The van der Waals surface area contributed by atoms with Crippen molar-refractivity contribution in [1.82, 2.24) is 14.9 Å². The Balaban J connectivity index is 1.74. The van der Waals surface area contributed by atoms with Crippen molar-refractivity contribution in [3.8, 4) is 5.69 Å². The average molecular weight is 506 g/mol. The molecule has 12 heteroatoms. The van der Waals surface area contributed by atoms with Crippen LogP contribution in [0.15, 0.2) is 29.2 Å². The highest BCUT2D eigenvalue weighted by Crippen LogP contribution is 2.32. The van der Waals surface area contributed by atoms with Crippen molar-refractivity contribution >= 4 is 22.8 Å². The monoisotopic (exact) mass is 506 g/mol. The molecule has 0 radical (unpaired) electrons. The Bertz CT molecular complexity index is 1410. The van der Waals surface area contributed by atoms with Crippen molar-refractivity contribution in [1.29, 1.82) is 0 Å². The molecule has 2 fully saturated rings. The molecular weight excluding hydrogens is 484 g/mol. The number of amides is 1. The van der Waals surface area contributed by atoms with Gasteiger partial charge in [0.1, 0.15) is 17.1 Å². The van der Waals surface area contributed by atoms with Crippen LogP contribution in [0, 0.1) is 29.2 Å². The van der Waals surface area contributed by atoms with E-state index in [-0.39, 0.29) is 30.9 Å². The number of benzene rings is 1. The van der Waals surface area contributed by atoms with Crippen molar-refractivity contribution in [3.63, 3.8) is 0 Å². The Morgan fingerprint density at radius 2 is 1.67 bits per heavy atom. The van der Waals surface area contributed by atoms with E-state index in [0.717, 1.165) is 29.7 Å². The number of hydrogen-bond acceptors (Lipinski definition) is 6. The molecule has 2 aliphatic rings. The molecule has 0 bridgehead atoms. The molecule has 1 aliphatic heterocycles. The summed E-state index contributed by atoms with van der Waals surface area (Å²) in [6.07, 6.45) is 0.341. The first-order valence-electron chi connectivity index (χ1n) is 11.4. The highest BCUT2D eigenvalue weighted by molar-refractivity contribution is 5.97. The fourth-order valence-corrected chi connectivity index (χ4v) is 4.47. The number of carbonyl (C=O) groups is 1. The fourth-order valence-electron chi connectivity index (χ4n) is 4.47. The lowest BCUT2D eigenvalue weighted by molar-refractivity contribution is 0.0572. The molecule has 0 unspecified atom stereocenters. The van der Waals surface area contributed by atoms with Crippen molar-refractivity contribution in [2.45, 2.75) is 38.0 Å². The number of hydrogen-bond donors (Lipinski definition) is 3. The zero-order chi connectivity index (χ0) is 25.9. The summed E-state index contributed by atoms with van der Waals surface area (Å²) in [5.74, 6) is -5.81. The van der Waals surface area contributed by atoms with Gasteiger partial charge in [0, 0.05) is 37.5 Å². The second-order valence-corrected chi connectivity index (χ2v) is 9.26. The maximum Gasteiger partial charge on any atom is 0.257 e. The summed E-state index contributed by atoms with van der Waals surface area (Å²) in [5.41, 5.74) is -2.64. The molecule has 1 saturated heterocycles. The second kappa shape index (κ2) is 8.86. The van der Waals surface area contributed by atoms with Gasteiger partial charge in [0.15, 0.2) is 28.9 Å². The Morgan fingerprint density at radius 3 is 2.25 bits per heavy atom. The normalized spacial score (nSPS) is 20.7. The zero-order valence-electron chi connectivity index (χ0n) is 19.0. The summed E-state index contributed by atoms with van der Waals surface area (Å²) in [6, 6.07) is 1.38. The molecule has 1 aliphatic carbocycles. The number of anilines is 1. The minimum absolute atomic E-state index is 0.181. The maximum absolute atomic E-state index is 15.1. The lowest BCUT2D eigenvalue weighted by Gasteiger charge is -2.20. The van der Waals surface area contributed by atoms with Gasteiger partial charge in [0.25, 0.3) is 5.91 Å². The molecule has 2 aromatic heterocycles. The van der Waals surface area contributed by atoms with Crippen molar-refractivity contribution in [2.24, 2.45) is 5.92 Å². The lowest BCUT2D eigenvalue weighted by atomic mass is 10.1. The summed E-state index contributed by atoms with van der Waals surface area (Å²) >= 11 is 0. The SMILES string of the molecule is C[C@@H](NC(=O)c1cn(-c2c(F)cc(F)cc2F)c2nc(N3C[C@@H](O)[C@H](O)C3)c(F)cc2c1=O)C1CC1. The number of pyridine rings is 2. The van der Waals surface area contributed by atoms with E-state index in [0.29, 0.717) is 12.1 Å². The first-order chi connectivity index (χ1) is 17.0. The number of carbonyl (C=O) groups excluding carboxylic acids is 1. The number of aliphatic hydroxyl groups excluding tert-OH is 2. The molecular formula is C24H22F4N4O4. The third-order valence-corrected chi connectivity index (χ3v) is 6.63.